The predicted octanol–water partition coefficient (Wildman–Crippen LogP) is 0.656. The van der Waals surface area contributed by atoms with Crippen LogP contribution in [-0.4, -0.2) is 68.1 Å². The first-order valence-corrected chi connectivity index (χ1v) is 6.91. The van der Waals surface area contributed by atoms with Gasteiger partial charge in [-0.1, -0.05) is 0 Å². The number of aryl methyl sites for hydroxylation is 1. The highest BCUT2D eigenvalue weighted by Crippen LogP contribution is 2.17. The summed E-state index contributed by atoms with van der Waals surface area (Å²) in [6.07, 6.45) is 0. The van der Waals surface area contributed by atoms with Crippen LogP contribution in [0.3, 0.4) is 0 Å². The number of nitrogens with zero attached hydrogens (tertiary/aromatic N) is 4. The third kappa shape index (κ3) is 3.81. The minimum absolute atomic E-state index is 0.772. The first-order chi connectivity index (χ1) is 9.06. The molecule has 5 heteroatoms. The van der Waals surface area contributed by atoms with Crippen LogP contribution in [0.1, 0.15) is 5.69 Å². The zero-order chi connectivity index (χ0) is 13.8. The second kappa shape index (κ2) is 6.21. The van der Waals surface area contributed by atoms with Gasteiger partial charge in [0.2, 0.25) is 0 Å². The molecule has 0 spiro atoms. The van der Waals surface area contributed by atoms with Gasteiger partial charge in [0.15, 0.2) is 0 Å². The molecule has 5 nitrogen and oxygen atoms in total. The van der Waals surface area contributed by atoms with Crippen LogP contribution in [0, 0.1) is 6.92 Å². The van der Waals surface area contributed by atoms with Gasteiger partial charge < -0.3 is 15.5 Å². The van der Waals surface area contributed by atoms with Gasteiger partial charge in [-0.25, -0.2) is 4.98 Å². The summed E-state index contributed by atoms with van der Waals surface area (Å²) in [6, 6.07) is 3.98. The van der Waals surface area contributed by atoms with Gasteiger partial charge >= 0.3 is 0 Å². The second-order valence-electron chi connectivity index (χ2n) is 5.48. The van der Waals surface area contributed by atoms with Gasteiger partial charge in [-0.15, -0.1) is 0 Å². The van der Waals surface area contributed by atoms with Crippen molar-refractivity contribution < 1.29 is 0 Å². The van der Waals surface area contributed by atoms with Crippen LogP contribution in [0.5, 0.6) is 0 Å². The third-order valence-electron chi connectivity index (χ3n) is 3.67. The fourth-order valence-corrected chi connectivity index (χ4v) is 2.28. The Hall–Kier alpha value is -1.33. The van der Waals surface area contributed by atoms with Gasteiger partial charge in [-0.05, 0) is 33.2 Å². The van der Waals surface area contributed by atoms with E-state index in [4.69, 9.17) is 5.73 Å². The van der Waals surface area contributed by atoms with E-state index in [1.54, 1.807) is 0 Å². The highest BCUT2D eigenvalue weighted by atomic mass is 15.3. The first-order valence-electron chi connectivity index (χ1n) is 6.91. The van der Waals surface area contributed by atoms with Crippen LogP contribution in [0.15, 0.2) is 12.1 Å². The van der Waals surface area contributed by atoms with Crippen LogP contribution < -0.4 is 10.6 Å². The molecule has 0 unspecified atom stereocenters. The van der Waals surface area contributed by atoms with Gasteiger partial charge in [0.25, 0.3) is 0 Å². The highest BCUT2D eigenvalue weighted by Gasteiger charge is 2.18. The maximum absolute atomic E-state index is 5.81. The van der Waals surface area contributed by atoms with Crippen LogP contribution in [0.25, 0.3) is 0 Å². The molecule has 1 aromatic heterocycles. The Morgan fingerprint density at radius 1 is 1.21 bits per heavy atom. The molecule has 0 saturated carbocycles. The summed E-state index contributed by atoms with van der Waals surface area (Å²) in [4.78, 5) is 11.7. The molecule has 2 N–H and O–H groups in total. The van der Waals surface area contributed by atoms with Crippen molar-refractivity contribution in [1.29, 1.82) is 0 Å². The lowest BCUT2D eigenvalue weighted by atomic mass is 10.2. The topological polar surface area (TPSA) is 48.6 Å². The Bertz CT molecular complexity index is 410. The van der Waals surface area contributed by atoms with Crippen LogP contribution >= 0.6 is 0 Å². The minimum atomic E-state index is 0.772. The highest BCUT2D eigenvalue weighted by molar-refractivity contribution is 5.50. The van der Waals surface area contributed by atoms with Gasteiger partial charge in [-0.3, -0.25) is 4.90 Å². The lowest BCUT2D eigenvalue weighted by Crippen LogP contribution is -2.48. The number of anilines is 2. The van der Waals surface area contributed by atoms with Gasteiger partial charge in [0.05, 0.1) is 11.4 Å². The maximum atomic E-state index is 5.81. The molecule has 1 aliphatic rings. The quantitative estimate of drug-likeness (QED) is 0.864. The largest absolute Gasteiger partial charge is 0.397 e. The molecule has 1 aromatic rings. The molecule has 0 radical (unpaired) electrons. The number of hydrogen-bond donors (Lipinski definition) is 1. The molecule has 2 rings (SSSR count). The second-order valence-corrected chi connectivity index (χ2v) is 5.48. The van der Waals surface area contributed by atoms with Crippen molar-refractivity contribution in [3.63, 3.8) is 0 Å². The standard InChI is InChI=1S/C14H25N5/c1-12-13(15)4-5-14(16-12)19-10-8-18(9-11-19)7-6-17(2)3/h4-5H,6-11,15H2,1-3H3. The van der Waals surface area contributed by atoms with E-state index < -0.39 is 0 Å². The zero-order valence-electron chi connectivity index (χ0n) is 12.3. The Morgan fingerprint density at radius 3 is 2.47 bits per heavy atom. The molecular weight excluding hydrogens is 238 g/mol. The molecule has 0 amide bonds. The Balaban J connectivity index is 1.87. The Labute approximate surface area is 116 Å². The van der Waals surface area contributed by atoms with E-state index in [1.807, 2.05) is 19.1 Å². The van der Waals surface area contributed by atoms with Crippen molar-refractivity contribution in [2.45, 2.75) is 6.92 Å². The molecule has 0 bridgehead atoms. The molecular formula is C14H25N5. The van der Waals surface area contributed by atoms with E-state index in [0.717, 1.165) is 56.5 Å². The fraction of sp³-hybridized carbons (Fsp3) is 0.643. The number of rotatable bonds is 4. The summed E-state index contributed by atoms with van der Waals surface area (Å²) >= 11 is 0. The summed E-state index contributed by atoms with van der Waals surface area (Å²) in [7, 11) is 4.24. The molecule has 0 atom stereocenters. The lowest BCUT2D eigenvalue weighted by Gasteiger charge is -2.36. The smallest absolute Gasteiger partial charge is 0.129 e. The number of likely N-dealkylation sites (N-methyl/N-ethyl adjacent to an activating group) is 1. The van der Waals surface area contributed by atoms with E-state index in [2.05, 4.69) is 33.8 Å². The van der Waals surface area contributed by atoms with Crippen LogP contribution in [-0.2, 0) is 0 Å². The van der Waals surface area contributed by atoms with Gasteiger partial charge in [-0.2, -0.15) is 0 Å². The SMILES string of the molecule is Cc1nc(N2CCN(CCN(C)C)CC2)ccc1N. The van der Waals surface area contributed by atoms with E-state index in [0.29, 0.717) is 0 Å². The molecule has 1 aliphatic heterocycles. The molecule has 2 heterocycles. The summed E-state index contributed by atoms with van der Waals surface area (Å²) in [5, 5.41) is 0. The number of nitrogen functional groups attached to an aromatic ring is 1. The van der Waals surface area contributed by atoms with Crippen molar-refractivity contribution in [2.75, 3.05) is 64.0 Å². The third-order valence-corrected chi connectivity index (χ3v) is 3.67. The molecule has 0 aromatic carbocycles. The minimum Gasteiger partial charge on any atom is -0.397 e. The number of piperazine rings is 1. The predicted molar refractivity (Wildman–Crippen MR) is 80.6 cm³/mol. The van der Waals surface area contributed by atoms with Gasteiger partial charge in [0, 0.05) is 39.3 Å². The van der Waals surface area contributed by atoms with Crippen LogP contribution in [0.4, 0.5) is 11.5 Å². The van der Waals surface area contributed by atoms with Crippen molar-refractivity contribution >= 4 is 11.5 Å². The van der Waals surface area contributed by atoms with Crippen molar-refractivity contribution in [2.24, 2.45) is 0 Å². The fourth-order valence-electron chi connectivity index (χ4n) is 2.28. The number of hydrogen-bond acceptors (Lipinski definition) is 5. The lowest BCUT2D eigenvalue weighted by molar-refractivity contribution is 0.229. The normalized spacial score (nSPS) is 17.2. The summed E-state index contributed by atoms with van der Waals surface area (Å²) in [5.74, 6) is 1.05. The van der Waals surface area contributed by atoms with E-state index in [-0.39, 0.29) is 0 Å². The average molecular weight is 263 g/mol. The van der Waals surface area contributed by atoms with Crippen LogP contribution in [0.2, 0.25) is 0 Å². The number of pyridine rings is 1. The van der Waals surface area contributed by atoms with E-state index in [9.17, 15) is 0 Å². The number of nitrogens with two attached hydrogens (primary N) is 1. The average Bonchev–Trinajstić information content (AvgIpc) is 2.40. The summed E-state index contributed by atoms with van der Waals surface area (Å²) in [6.45, 7) is 8.55. The molecule has 106 valence electrons. The van der Waals surface area contributed by atoms with E-state index >= 15 is 0 Å². The van der Waals surface area contributed by atoms with Crippen molar-refractivity contribution in [1.82, 2.24) is 14.8 Å². The molecule has 19 heavy (non-hydrogen) atoms. The summed E-state index contributed by atoms with van der Waals surface area (Å²) in [5.41, 5.74) is 7.51. The maximum Gasteiger partial charge on any atom is 0.129 e. The Morgan fingerprint density at radius 2 is 1.89 bits per heavy atom. The van der Waals surface area contributed by atoms with Crippen molar-refractivity contribution in [3.8, 4) is 0 Å². The first kappa shape index (κ1) is 14.1. The van der Waals surface area contributed by atoms with Gasteiger partial charge in [0.1, 0.15) is 5.82 Å². The number of aromatic nitrogens is 1. The van der Waals surface area contributed by atoms with Crippen molar-refractivity contribution in [3.05, 3.63) is 17.8 Å². The Kier molecular flexibility index (Phi) is 4.61. The van der Waals surface area contributed by atoms with E-state index in [1.165, 1.54) is 0 Å². The zero-order valence-corrected chi connectivity index (χ0v) is 12.3. The molecule has 1 saturated heterocycles. The monoisotopic (exact) mass is 263 g/mol. The summed E-state index contributed by atoms with van der Waals surface area (Å²) < 4.78 is 0. The molecule has 1 fully saturated rings. The molecule has 0 aliphatic carbocycles.